The first kappa shape index (κ1) is 36.3. The summed E-state index contributed by atoms with van der Waals surface area (Å²) in [7, 11) is 0. The molecule has 3 heterocycles. The van der Waals surface area contributed by atoms with Crippen LogP contribution in [0.25, 0.3) is 44.4 Å². The minimum Gasteiger partial charge on any atom is -0.509 e. The molecule has 0 aliphatic carbocycles. The standard InChI is InChI=1S/C45H46N4O.Pd/c1-9-15-38-42(31-16-13-17-32(27-31)44(3,4)5)43(45(6,7)8)49(47-38)33-18-14-19-34(28-33)50-35-22-23-37-36-20-11-12-21-39(36)48(40(37)29-35)41-26-30(10-2)24-25-46-41;/h11-14,16-27H,9-10,15H2,1-8H3;/q-2;+2. The Kier molecular flexibility index (Phi) is 10.1. The summed E-state index contributed by atoms with van der Waals surface area (Å²) < 4.78 is 10.8. The van der Waals surface area contributed by atoms with Crippen molar-refractivity contribution in [2.75, 3.05) is 0 Å². The minimum absolute atomic E-state index is 0. The van der Waals surface area contributed by atoms with Crippen molar-refractivity contribution in [2.24, 2.45) is 0 Å². The van der Waals surface area contributed by atoms with E-state index in [0.29, 0.717) is 11.5 Å². The van der Waals surface area contributed by atoms with Crippen LogP contribution in [-0.4, -0.2) is 19.3 Å². The van der Waals surface area contributed by atoms with Crippen LogP contribution in [0.3, 0.4) is 0 Å². The van der Waals surface area contributed by atoms with Crippen LogP contribution in [0, 0.1) is 12.1 Å². The van der Waals surface area contributed by atoms with Crippen LogP contribution in [0.2, 0.25) is 0 Å². The van der Waals surface area contributed by atoms with Gasteiger partial charge in [0.15, 0.2) is 0 Å². The van der Waals surface area contributed by atoms with Crippen LogP contribution in [0.4, 0.5) is 0 Å². The Labute approximate surface area is 316 Å². The molecule has 0 fully saturated rings. The van der Waals surface area contributed by atoms with E-state index in [4.69, 9.17) is 14.8 Å². The summed E-state index contributed by atoms with van der Waals surface area (Å²) in [5, 5.41) is 7.55. The molecule has 0 spiro atoms. The summed E-state index contributed by atoms with van der Waals surface area (Å²) in [6.07, 6.45) is 4.72. The van der Waals surface area contributed by atoms with E-state index in [9.17, 15) is 0 Å². The van der Waals surface area contributed by atoms with Crippen LogP contribution in [0.15, 0.2) is 97.2 Å². The summed E-state index contributed by atoms with van der Waals surface area (Å²) in [4.78, 5) is 4.76. The monoisotopic (exact) mass is 764 g/mol. The number of pyridine rings is 1. The van der Waals surface area contributed by atoms with E-state index in [1.807, 2.05) is 24.4 Å². The molecule has 0 unspecified atom stereocenters. The number of aromatic nitrogens is 4. The van der Waals surface area contributed by atoms with E-state index in [2.05, 4.69) is 150 Å². The third-order valence-corrected chi connectivity index (χ3v) is 9.38. The van der Waals surface area contributed by atoms with E-state index >= 15 is 0 Å². The molecule has 0 aliphatic rings. The maximum absolute atomic E-state index is 6.54. The quantitative estimate of drug-likeness (QED) is 0.114. The molecule has 3 aromatic heterocycles. The van der Waals surface area contributed by atoms with E-state index < -0.39 is 0 Å². The van der Waals surface area contributed by atoms with E-state index in [1.54, 1.807) is 0 Å². The van der Waals surface area contributed by atoms with E-state index in [-0.39, 0.29) is 31.3 Å². The second-order valence-corrected chi connectivity index (χ2v) is 15.2. The van der Waals surface area contributed by atoms with Gasteiger partial charge in [-0.05, 0) is 64.2 Å². The van der Waals surface area contributed by atoms with Crippen LogP contribution in [-0.2, 0) is 44.1 Å². The third kappa shape index (κ3) is 7.05. The molecule has 0 amide bonds. The fourth-order valence-corrected chi connectivity index (χ4v) is 6.90. The second kappa shape index (κ2) is 14.3. The zero-order valence-corrected chi connectivity index (χ0v) is 32.4. The van der Waals surface area contributed by atoms with Crippen molar-refractivity contribution >= 4 is 21.8 Å². The van der Waals surface area contributed by atoms with Crippen molar-refractivity contribution in [3.05, 3.63) is 132 Å². The molecule has 6 heteroatoms. The summed E-state index contributed by atoms with van der Waals surface area (Å²) in [5.74, 6) is 2.10. The van der Waals surface area contributed by atoms with Crippen LogP contribution in [0.1, 0.15) is 84.3 Å². The Morgan fingerprint density at radius 2 is 1.51 bits per heavy atom. The number of hydrogen-bond acceptors (Lipinski definition) is 3. The van der Waals surface area contributed by atoms with Gasteiger partial charge in [-0.1, -0.05) is 110 Å². The van der Waals surface area contributed by atoms with Gasteiger partial charge in [0.2, 0.25) is 0 Å². The molecule has 5 nitrogen and oxygen atoms in total. The van der Waals surface area contributed by atoms with Crippen molar-refractivity contribution in [1.82, 2.24) is 19.3 Å². The maximum Gasteiger partial charge on any atom is 2.00 e. The van der Waals surface area contributed by atoms with Crippen molar-refractivity contribution in [3.8, 4) is 34.1 Å². The fourth-order valence-electron chi connectivity index (χ4n) is 6.90. The van der Waals surface area contributed by atoms with E-state index in [0.717, 1.165) is 58.3 Å². The molecule has 0 aliphatic heterocycles. The van der Waals surface area contributed by atoms with Crippen molar-refractivity contribution < 1.29 is 25.2 Å². The predicted octanol–water partition coefficient (Wildman–Crippen LogP) is 11.5. The average Bonchev–Trinajstić information content (AvgIpc) is 3.65. The summed E-state index contributed by atoms with van der Waals surface area (Å²) >= 11 is 0. The Balaban J connectivity index is 0.00000448. The Bertz CT molecular complexity index is 2330. The molecular weight excluding hydrogens is 719 g/mol. The van der Waals surface area contributed by atoms with Gasteiger partial charge < -0.3 is 9.30 Å². The van der Waals surface area contributed by atoms with Crippen molar-refractivity contribution in [2.45, 2.75) is 85.5 Å². The maximum atomic E-state index is 6.54. The molecule has 4 aromatic carbocycles. The Morgan fingerprint density at radius 3 is 2.25 bits per heavy atom. The molecule has 7 aromatic rings. The van der Waals surface area contributed by atoms with Crippen LogP contribution >= 0.6 is 0 Å². The van der Waals surface area contributed by atoms with Crippen molar-refractivity contribution in [1.29, 1.82) is 0 Å². The van der Waals surface area contributed by atoms with Gasteiger partial charge in [-0.15, -0.1) is 35.7 Å². The molecule has 0 bridgehead atoms. The van der Waals surface area contributed by atoms with Gasteiger partial charge in [0.1, 0.15) is 5.82 Å². The zero-order valence-electron chi connectivity index (χ0n) is 30.9. The largest absolute Gasteiger partial charge is 2.00 e. The number of rotatable bonds is 8. The van der Waals surface area contributed by atoms with Crippen LogP contribution < -0.4 is 4.74 Å². The summed E-state index contributed by atoms with van der Waals surface area (Å²) in [5.41, 5.74) is 9.97. The number of aryl methyl sites for hydroxylation is 2. The molecule has 0 atom stereocenters. The first-order chi connectivity index (χ1) is 24.0. The van der Waals surface area contributed by atoms with Gasteiger partial charge in [-0.3, -0.25) is 4.68 Å². The van der Waals surface area contributed by atoms with Gasteiger partial charge in [-0.25, -0.2) is 4.98 Å². The number of para-hydroxylation sites is 1. The topological polar surface area (TPSA) is 44.9 Å². The Hall–Kier alpha value is -4.50. The number of fused-ring (bicyclic) bond motifs is 3. The fraction of sp³-hybridized carbons (Fsp3) is 0.289. The summed E-state index contributed by atoms with van der Waals surface area (Å²) in [6.45, 7) is 18.0. The van der Waals surface area contributed by atoms with Crippen LogP contribution in [0.5, 0.6) is 11.5 Å². The van der Waals surface area contributed by atoms with Gasteiger partial charge >= 0.3 is 20.4 Å². The first-order valence-corrected chi connectivity index (χ1v) is 17.8. The molecule has 7 rings (SSSR count). The minimum atomic E-state index is -0.188. The average molecular weight is 765 g/mol. The van der Waals surface area contributed by atoms with Gasteiger partial charge in [0.25, 0.3) is 0 Å². The smallest absolute Gasteiger partial charge is 0.509 e. The molecular formula is C45H46N4OPd. The molecule has 262 valence electrons. The molecule has 0 radical (unpaired) electrons. The Morgan fingerprint density at radius 1 is 0.745 bits per heavy atom. The van der Waals surface area contributed by atoms with Gasteiger partial charge in [0.05, 0.1) is 11.4 Å². The van der Waals surface area contributed by atoms with Gasteiger partial charge in [0, 0.05) is 34.2 Å². The molecule has 0 saturated heterocycles. The number of hydrogen-bond donors (Lipinski definition) is 0. The second-order valence-electron chi connectivity index (χ2n) is 15.2. The van der Waals surface area contributed by atoms with Crippen molar-refractivity contribution in [3.63, 3.8) is 0 Å². The zero-order chi connectivity index (χ0) is 35.2. The molecule has 51 heavy (non-hydrogen) atoms. The normalized spacial score (nSPS) is 12.0. The SMILES string of the molecule is CCCc1nn(-c2[c-]c(Oc3[c-]c4c(cc3)c3ccccc3n4-c3cc(CC)ccn3)ccc2)c(C(C)(C)C)c1-c1cccc(C(C)(C)C)c1.[Pd+2]. The molecule has 0 saturated carbocycles. The number of ether oxygens (including phenoxy) is 1. The van der Waals surface area contributed by atoms with E-state index in [1.165, 1.54) is 27.9 Å². The summed E-state index contributed by atoms with van der Waals surface area (Å²) in [6, 6.07) is 38.9. The predicted molar refractivity (Wildman–Crippen MR) is 206 cm³/mol. The number of nitrogens with zero attached hydrogens (tertiary/aromatic N) is 4. The molecule has 0 N–H and O–H groups in total. The third-order valence-electron chi connectivity index (χ3n) is 9.38. The first-order valence-electron chi connectivity index (χ1n) is 17.8. The van der Waals surface area contributed by atoms with Gasteiger partial charge in [-0.2, -0.15) is 17.2 Å². The number of benzene rings is 4.